The van der Waals surface area contributed by atoms with Crippen LogP contribution in [0.25, 0.3) is 21.2 Å². The van der Waals surface area contributed by atoms with Crippen molar-refractivity contribution in [3.63, 3.8) is 0 Å². The van der Waals surface area contributed by atoms with Crippen molar-refractivity contribution in [3.8, 4) is 16.2 Å². The number of hydrogen-bond acceptors (Lipinski definition) is 4. The van der Waals surface area contributed by atoms with E-state index in [0.717, 1.165) is 58.8 Å². The first-order valence-corrected chi connectivity index (χ1v) is 12.5. The highest BCUT2D eigenvalue weighted by molar-refractivity contribution is 7.15. The fourth-order valence-electron chi connectivity index (χ4n) is 4.69. The standard InChI is InChI=1S/C28H28N2O2S/c1-20-29-26(27(33-20)22-11-3-2-4-12-22)28(31)30-18-8-7-14-23(30)17-19-32-25-16-9-13-21-10-5-6-15-24(21)25/h2-6,9-13,15-16,23H,7-8,14,17-19H2,1H3. The molecule has 0 bridgehead atoms. The summed E-state index contributed by atoms with van der Waals surface area (Å²) in [6, 6.07) is 24.7. The van der Waals surface area contributed by atoms with E-state index in [-0.39, 0.29) is 11.9 Å². The van der Waals surface area contributed by atoms with Gasteiger partial charge in [0.15, 0.2) is 0 Å². The summed E-state index contributed by atoms with van der Waals surface area (Å²) in [4.78, 5) is 21.3. The Bertz CT molecular complexity index is 1250. The number of aromatic nitrogens is 1. The van der Waals surface area contributed by atoms with Crippen LogP contribution in [-0.2, 0) is 0 Å². The van der Waals surface area contributed by atoms with Crippen LogP contribution in [0.4, 0.5) is 0 Å². The Labute approximate surface area is 198 Å². The van der Waals surface area contributed by atoms with Gasteiger partial charge in [-0.05, 0) is 43.2 Å². The van der Waals surface area contributed by atoms with Gasteiger partial charge < -0.3 is 9.64 Å². The number of fused-ring (bicyclic) bond motifs is 1. The van der Waals surface area contributed by atoms with Crippen molar-refractivity contribution in [2.75, 3.05) is 13.2 Å². The van der Waals surface area contributed by atoms with Crippen molar-refractivity contribution in [1.82, 2.24) is 9.88 Å². The van der Waals surface area contributed by atoms with Gasteiger partial charge in [0, 0.05) is 24.4 Å². The van der Waals surface area contributed by atoms with Crippen LogP contribution >= 0.6 is 11.3 Å². The van der Waals surface area contributed by atoms with E-state index in [1.54, 1.807) is 11.3 Å². The minimum absolute atomic E-state index is 0.0491. The average Bonchev–Trinajstić information content (AvgIpc) is 3.26. The lowest BCUT2D eigenvalue weighted by atomic mass is 9.98. The molecule has 5 heteroatoms. The van der Waals surface area contributed by atoms with Gasteiger partial charge in [-0.1, -0.05) is 66.7 Å². The molecule has 0 N–H and O–H groups in total. The van der Waals surface area contributed by atoms with E-state index in [0.29, 0.717) is 12.3 Å². The Balaban J connectivity index is 1.32. The topological polar surface area (TPSA) is 42.4 Å². The van der Waals surface area contributed by atoms with E-state index in [9.17, 15) is 4.79 Å². The average molecular weight is 457 g/mol. The zero-order valence-corrected chi connectivity index (χ0v) is 19.7. The number of hydrogen-bond donors (Lipinski definition) is 0. The van der Waals surface area contributed by atoms with Crippen LogP contribution in [0.15, 0.2) is 72.8 Å². The highest BCUT2D eigenvalue weighted by atomic mass is 32.1. The number of likely N-dealkylation sites (tertiary alicyclic amines) is 1. The van der Waals surface area contributed by atoms with Crippen molar-refractivity contribution < 1.29 is 9.53 Å². The summed E-state index contributed by atoms with van der Waals surface area (Å²) in [5.41, 5.74) is 1.64. The molecule has 5 rings (SSSR count). The van der Waals surface area contributed by atoms with E-state index >= 15 is 0 Å². The number of carbonyl (C=O) groups is 1. The van der Waals surface area contributed by atoms with E-state index in [1.165, 1.54) is 5.39 Å². The Morgan fingerprint density at radius 2 is 1.82 bits per heavy atom. The second-order valence-electron chi connectivity index (χ2n) is 8.54. The van der Waals surface area contributed by atoms with Gasteiger partial charge >= 0.3 is 0 Å². The first-order chi connectivity index (χ1) is 16.2. The number of aryl methyl sites for hydroxylation is 1. The molecule has 1 fully saturated rings. The quantitative estimate of drug-likeness (QED) is 0.323. The molecule has 0 aliphatic carbocycles. The number of piperidine rings is 1. The zero-order chi connectivity index (χ0) is 22.6. The molecule has 1 amide bonds. The van der Waals surface area contributed by atoms with Crippen LogP contribution in [0.1, 0.15) is 41.2 Å². The Morgan fingerprint density at radius 1 is 1.03 bits per heavy atom. The van der Waals surface area contributed by atoms with Crippen LogP contribution < -0.4 is 4.74 Å². The molecule has 1 atom stereocenters. The predicted molar refractivity (Wildman–Crippen MR) is 135 cm³/mol. The molecule has 1 unspecified atom stereocenters. The molecule has 0 radical (unpaired) electrons. The third kappa shape index (κ3) is 4.64. The molecule has 4 nitrogen and oxygen atoms in total. The Kier molecular flexibility index (Phi) is 6.40. The van der Waals surface area contributed by atoms with Gasteiger partial charge in [-0.3, -0.25) is 4.79 Å². The lowest BCUT2D eigenvalue weighted by Crippen LogP contribution is -2.44. The van der Waals surface area contributed by atoms with Crippen molar-refractivity contribution in [2.45, 2.75) is 38.6 Å². The van der Waals surface area contributed by atoms with Gasteiger partial charge in [-0.25, -0.2) is 4.98 Å². The maximum Gasteiger partial charge on any atom is 0.274 e. The number of thiazole rings is 1. The molecule has 0 spiro atoms. The monoisotopic (exact) mass is 456 g/mol. The molecule has 2 heterocycles. The summed E-state index contributed by atoms with van der Waals surface area (Å²) in [5.74, 6) is 0.955. The van der Waals surface area contributed by atoms with Crippen molar-refractivity contribution in [2.24, 2.45) is 0 Å². The normalized spacial score (nSPS) is 16.2. The molecule has 168 valence electrons. The fraction of sp³-hybridized carbons (Fsp3) is 0.286. The lowest BCUT2D eigenvalue weighted by molar-refractivity contribution is 0.0576. The minimum atomic E-state index is 0.0491. The fourth-order valence-corrected chi connectivity index (χ4v) is 5.60. The number of benzene rings is 3. The summed E-state index contributed by atoms with van der Waals surface area (Å²) in [6.07, 6.45) is 4.01. The predicted octanol–water partition coefficient (Wildman–Crippen LogP) is 6.74. The van der Waals surface area contributed by atoms with E-state index in [4.69, 9.17) is 4.74 Å². The van der Waals surface area contributed by atoms with Crippen LogP contribution in [0.3, 0.4) is 0 Å². The maximum atomic E-state index is 13.7. The number of rotatable bonds is 6. The van der Waals surface area contributed by atoms with Gasteiger partial charge in [0.1, 0.15) is 11.4 Å². The second-order valence-corrected chi connectivity index (χ2v) is 9.74. The number of carbonyl (C=O) groups excluding carboxylic acids is 1. The third-order valence-corrected chi connectivity index (χ3v) is 7.34. The molecule has 0 saturated carbocycles. The van der Waals surface area contributed by atoms with Crippen molar-refractivity contribution in [1.29, 1.82) is 0 Å². The number of ether oxygens (including phenoxy) is 1. The van der Waals surface area contributed by atoms with Crippen molar-refractivity contribution in [3.05, 3.63) is 83.5 Å². The van der Waals surface area contributed by atoms with E-state index in [1.807, 2.05) is 54.3 Å². The largest absolute Gasteiger partial charge is 0.493 e. The first-order valence-electron chi connectivity index (χ1n) is 11.6. The van der Waals surface area contributed by atoms with E-state index < -0.39 is 0 Å². The molecule has 1 aliphatic heterocycles. The minimum Gasteiger partial charge on any atom is -0.493 e. The summed E-state index contributed by atoms with van der Waals surface area (Å²) < 4.78 is 6.20. The van der Waals surface area contributed by atoms with Gasteiger partial charge in [0.25, 0.3) is 5.91 Å². The first kappa shape index (κ1) is 21.7. The van der Waals surface area contributed by atoms with E-state index in [2.05, 4.69) is 35.3 Å². The van der Waals surface area contributed by atoms with Gasteiger partial charge in [0.2, 0.25) is 0 Å². The molecule has 1 aliphatic rings. The van der Waals surface area contributed by atoms with Gasteiger partial charge in [-0.15, -0.1) is 11.3 Å². The van der Waals surface area contributed by atoms with Crippen LogP contribution in [0, 0.1) is 6.92 Å². The van der Waals surface area contributed by atoms with Crippen LogP contribution in [0.2, 0.25) is 0 Å². The summed E-state index contributed by atoms with van der Waals surface area (Å²) >= 11 is 1.59. The summed E-state index contributed by atoms with van der Waals surface area (Å²) in [6.45, 7) is 3.34. The molecular formula is C28H28N2O2S. The lowest BCUT2D eigenvalue weighted by Gasteiger charge is -2.35. The molecule has 3 aromatic carbocycles. The van der Waals surface area contributed by atoms with Gasteiger partial charge in [0.05, 0.1) is 16.5 Å². The molecule has 33 heavy (non-hydrogen) atoms. The SMILES string of the molecule is Cc1nc(C(=O)N2CCCCC2CCOc2cccc3ccccc23)c(-c2ccccc2)s1. The molecular weight excluding hydrogens is 428 g/mol. The molecule has 4 aromatic rings. The number of amides is 1. The van der Waals surface area contributed by atoms with Gasteiger partial charge in [-0.2, -0.15) is 0 Å². The second kappa shape index (κ2) is 9.75. The van der Waals surface area contributed by atoms with Crippen LogP contribution in [-0.4, -0.2) is 35.0 Å². The maximum absolute atomic E-state index is 13.7. The summed E-state index contributed by atoms with van der Waals surface area (Å²) in [5, 5.41) is 3.23. The Morgan fingerprint density at radius 3 is 2.70 bits per heavy atom. The number of nitrogens with zero attached hydrogens (tertiary/aromatic N) is 2. The molecule has 1 aromatic heterocycles. The highest BCUT2D eigenvalue weighted by Gasteiger charge is 2.30. The zero-order valence-electron chi connectivity index (χ0n) is 18.9. The summed E-state index contributed by atoms with van der Waals surface area (Å²) in [7, 11) is 0. The smallest absolute Gasteiger partial charge is 0.274 e. The van der Waals surface area contributed by atoms with Crippen molar-refractivity contribution >= 4 is 28.0 Å². The molecule has 1 saturated heterocycles. The Hall–Kier alpha value is -3.18. The third-order valence-electron chi connectivity index (χ3n) is 6.32. The highest BCUT2D eigenvalue weighted by Crippen LogP contribution is 2.33. The van der Waals surface area contributed by atoms with Crippen LogP contribution in [0.5, 0.6) is 5.75 Å².